The van der Waals surface area contributed by atoms with Gasteiger partial charge in [0.25, 0.3) is 0 Å². The molecule has 0 aliphatic carbocycles. The molecule has 0 unspecified atom stereocenters. The molecule has 0 fully saturated rings. The Morgan fingerprint density at radius 1 is 1.35 bits per heavy atom. The molecule has 0 saturated carbocycles. The van der Waals surface area contributed by atoms with Gasteiger partial charge in [0.05, 0.1) is 12.4 Å². The van der Waals surface area contributed by atoms with Crippen LogP contribution in [-0.4, -0.2) is 15.6 Å². The number of aromatic nitrogens is 2. The van der Waals surface area contributed by atoms with E-state index in [4.69, 9.17) is 0 Å². The lowest BCUT2D eigenvalue weighted by Gasteiger charge is -2.03. The van der Waals surface area contributed by atoms with Crippen LogP contribution in [-0.2, 0) is 4.79 Å². The van der Waals surface area contributed by atoms with Crippen molar-refractivity contribution >= 4 is 17.6 Å². The standard InChI is InChI=1S/C13H11FN2O/c1-10(17)13(16-9-12(14)8-15-16)7-11-5-3-2-4-6-11/h2-9H,1H3/b13-7-. The molecule has 1 aromatic carbocycles. The molecule has 17 heavy (non-hydrogen) atoms. The highest BCUT2D eigenvalue weighted by Crippen LogP contribution is 2.12. The summed E-state index contributed by atoms with van der Waals surface area (Å²) in [5.41, 5.74) is 1.20. The maximum absolute atomic E-state index is 12.9. The Balaban J connectivity index is 2.43. The number of hydrogen-bond donors (Lipinski definition) is 0. The Bertz CT molecular complexity index is 558. The lowest BCUT2D eigenvalue weighted by molar-refractivity contribution is -0.112. The molecule has 0 atom stereocenters. The average Bonchev–Trinajstić information content (AvgIpc) is 2.73. The fourth-order valence-corrected chi connectivity index (χ4v) is 1.47. The number of nitrogens with zero attached hydrogens (tertiary/aromatic N) is 2. The van der Waals surface area contributed by atoms with E-state index in [9.17, 15) is 9.18 Å². The van der Waals surface area contributed by atoms with Crippen LogP contribution in [0.4, 0.5) is 4.39 Å². The minimum atomic E-state index is -0.467. The van der Waals surface area contributed by atoms with Gasteiger partial charge in [0.1, 0.15) is 5.70 Å². The van der Waals surface area contributed by atoms with Crippen molar-refractivity contribution in [1.82, 2.24) is 9.78 Å². The van der Waals surface area contributed by atoms with Crippen molar-refractivity contribution in [2.24, 2.45) is 0 Å². The van der Waals surface area contributed by atoms with Crippen molar-refractivity contribution < 1.29 is 9.18 Å². The highest BCUT2D eigenvalue weighted by Gasteiger charge is 2.08. The smallest absolute Gasteiger partial charge is 0.178 e. The summed E-state index contributed by atoms with van der Waals surface area (Å²) >= 11 is 0. The Morgan fingerprint density at radius 3 is 2.59 bits per heavy atom. The lowest BCUT2D eigenvalue weighted by atomic mass is 10.1. The Hall–Kier alpha value is -2.23. The second kappa shape index (κ2) is 4.74. The van der Waals surface area contributed by atoms with Crippen molar-refractivity contribution in [3.63, 3.8) is 0 Å². The van der Waals surface area contributed by atoms with E-state index in [0.29, 0.717) is 5.70 Å². The number of allylic oxidation sites excluding steroid dienone is 1. The van der Waals surface area contributed by atoms with Gasteiger partial charge in [0.15, 0.2) is 11.6 Å². The Labute approximate surface area is 98.2 Å². The zero-order chi connectivity index (χ0) is 12.3. The van der Waals surface area contributed by atoms with Gasteiger partial charge < -0.3 is 0 Å². The highest BCUT2D eigenvalue weighted by atomic mass is 19.1. The number of ketones is 1. The van der Waals surface area contributed by atoms with E-state index in [1.807, 2.05) is 30.3 Å². The number of hydrogen-bond acceptors (Lipinski definition) is 2. The number of carbonyl (C=O) groups is 1. The zero-order valence-corrected chi connectivity index (χ0v) is 9.30. The van der Waals surface area contributed by atoms with Gasteiger partial charge in [-0.15, -0.1) is 0 Å². The molecule has 86 valence electrons. The van der Waals surface area contributed by atoms with E-state index >= 15 is 0 Å². The largest absolute Gasteiger partial charge is 0.293 e. The van der Waals surface area contributed by atoms with Gasteiger partial charge in [-0.3, -0.25) is 4.79 Å². The summed E-state index contributed by atoms with van der Waals surface area (Å²) in [6.45, 7) is 1.42. The Morgan fingerprint density at radius 2 is 2.06 bits per heavy atom. The quantitative estimate of drug-likeness (QED) is 0.760. The molecule has 1 heterocycles. The van der Waals surface area contributed by atoms with Crippen molar-refractivity contribution in [2.75, 3.05) is 0 Å². The molecule has 0 spiro atoms. The van der Waals surface area contributed by atoms with Crippen LogP contribution in [0, 0.1) is 5.82 Å². The molecule has 4 heteroatoms. The molecule has 0 bridgehead atoms. The second-order valence-electron chi connectivity index (χ2n) is 3.60. The first-order chi connectivity index (χ1) is 8.16. The van der Waals surface area contributed by atoms with E-state index in [1.165, 1.54) is 17.8 Å². The molecule has 0 radical (unpaired) electrons. The molecule has 1 aromatic heterocycles. The maximum Gasteiger partial charge on any atom is 0.178 e. The van der Waals surface area contributed by atoms with Crippen LogP contribution in [0.1, 0.15) is 12.5 Å². The lowest BCUT2D eigenvalue weighted by Crippen LogP contribution is -2.05. The number of Topliss-reactive ketones (excluding diaryl/α,β-unsaturated/α-hetero) is 1. The van der Waals surface area contributed by atoms with E-state index in [1.54, 1.807) is 6.08 Å². The fourth-order valence-electron chi connectivity index (χ4n) is 1.47. The summed E-state index contributed by atoms with van der Waals surface area (Å²) < 4.78 is 14.1. The van der Waals surface area contributed by atoms with E-state index < -0.39 is 5.82 Å². The van der Waals surface area contributed by atoms with Crippen LogP contribution in [0.25, 0.3) is 11.8 Å². The molecule has 0 saturated heterocycles. The summed E-state index contributed by atoms with van der Waals surface area (Å²) in [4.78, 5) is 11.5. The van der Waals surface area contributed by atoms with E-state index in [2.05, 4.69) is 5.10 Å². The molecule has 0 aliphatic heterocycles. The van der Waals surface area contributed by atoms with Gasteiger partial charge >= 0.3 is 0 Å². The fraction of sp³-hybridized carbons (Fsp3) is 0.0769. The Kier molecular flexibility index (Phi) is 3.14. The summed E-state index contributed by atoms with van der Waals surface area (Å²) in [6.07, 6.45) is 3.92. The van der Waals surface area contributed by atoms with Crippen LogP contribution < -0.4 is 0 Å². The minimum Gasteiger partial charge on any atom is -0.293 e. The van der Waals surface area contributed by atoms with Crippen LogP contribution >= 0.6 is 0 Å². The third kappa shape index (κ3) is 2.66. The molecular weight excluding hydrogens is 219 g/mol. The van der Waals surface area contributed by atoms with Crippen LogP contribution in [0.5, 0.6) is 0 Å². The third-order valence-electron chi connectivity index (χ3n) is 2.26. The van der Waals surface area contributed by atoms with Crippen LogP contribution in [0.3, 0.4) is 0 Å². The minimum absolute atomic E-state index is 0.169. The van der Waals surface area contributed by atoms with Crippen molar-refractivity contribution in [3.05, 3.63) is 54.1 Å². The van der Waals surface area contributed by atoms with Gasteiger partial charge in [-0.1, -0.05) is 30.3 Å². The summed E-state index contributed by atoms with van der Waals surface area (Å²) in [5.74, 6) is -0.637. The monoisotopic (exact) mass is 230 g/mol. The molecular formula is C13H11FN2O. The van der Waals surface area contributed by atoms with Gasteiger partial charge in [-0.05, 0) is 11.6 Å². The van der Waals surface area contributed by atoms with Gasteiger partial charge in [0, 0.05) is 6.92 Å². The second-order valence-corrected chi connectivity index (χ2v) is 3.60. The van der Waals surface area contributed by atoms with Gasteiger partial charge in [-0.2, -0.15) is 5.10 Å². The van der Waals surface area contributed by atoms with Crippen LogP contribution in [0.15, 0.2) is 42.7 Å². The number of benzene rings is 1. The SMILES string of the molecule is CC(=O)/C(=C/c1ccccc1)n1cc(F)cn1. The highest BCUT2D eigenvalue weighted by molar-refractivity contribution is 6.18. The maximum atomic E-state index is 12.9. The van der Waals surface area contributed by atoms with Crippen molar-refractivity contribution in [1.29, 1.82) is 0 Å². The first kappa shape index (κ1) is 11.3. The van der Waals surface area contributed by atoms with E-state index in [-0.39, 0.29) is 5.78 Å². The number of halogens is 1. The molecule has 2 rings (SSSR count). The zero-order valence-electron chi connectivity index (χ0n) is 9.30. The topological polar surface area (TPSA) is 34.9 Å². The predicted octanol–water partition coefficient (Wildman–Crippen LogP) is 2.61. The van der Waals surface area contributed by atoms with Gasteiger partial charge in [-0.25, -0.2) is 9.07 Å². The summed E-state index contributed by atoms with van der Waals surface area (Å²) in [7, 11) is 0. The molecule has 0 aliphatic rings. The third-order valence-corrected chi connectivity index (χ3v) is 2.26. The molecule has 3 nitrogen and oxygen atoms in total. The predicted molar refractivity (Wildman–Crippen MR) is 63.5 cm³/mol. The van der Waals surface area contributed by atoms with Crippen molar-refractivity contribution in [2.45, 2.75) is 6.92 Å². The molecule has 0 amide bonds. The normalized spacial score (nSPS) is 11.5. The number of rotatable bonds is 3. The van der Waals surface area contributed by atoms with Gasteiger partial charge in [0.2, 0.25) is 0 Å². The average molecular weight is 230 g/mol. The molecule has 2 aromatic rings. The molecule has 0 N–H and O–H groups in total. The summed E-state index contributed by atoms with van der Waals surface area (Å²) in [5, 5.41) is 3.79. The number of carbonyl (C=O) groups excluding carboxylic acids is 1. The first-order valence-corrected chi connectivity index (χ1v) is 5.15. The van der Waals surface area contributed by atoms with Crippen LogP contribution in [0.2, 0.25) is 0 Å². The summed E-state index contributed by atoms with van der Waals surface area (Å²) in [6, 6.07) is 9.35. The van der Waals surface area contributed by atoms with Crippen molar-refractivity contribution in [3.8, 4) is 0 Å². The van der Waals surface area contributed by atoms with E-state index in [0.717, 1.165) is 11.8 Å². The first-order valence-electron chi connectivity index (χ1n) is 5.15.